The van der Waals surface area contributed by atoms with Crippen LogP contribution in [0.1, 0.15) is 37.5 Å². The maximum Gasteiger partial charge on any atom is 0.290 e. The van der Waals surface area contributed by atoms with Gasteiger partial charge < -0.3 is 14.7 Å². The van der Waals surface area contributed by atoms with E-state index in [-0.39, 0.29) is 17.9 Å². The number of aromatic nitrogens is 1. The van der Waals surface area contributed by atoms with Gasteiger partial charge in [-0.25, -0.2) is 4.98 Å². The zero-order valence-corrected chi connectivity index (χ0v) is 18.3. The molecule has 6 nitrogen and oxygen atoms in total. The number of carbonyl (C=O) groups excluding carboxylic acids is 2. The first kappa shape index (κ1) is 20.8. The minimum Gasteiger partial charge on any atom is -0.503 e. The van der Waals surface area contributed by atoms with Gasteiger partial charge in [0.1, 0.15) is 5.75 Å². The Hall–Kier alpha value is -3.45. The lowest BCUT2D eigenvalue weighted by Gasteiger charge is -2.27. The Balaban J connectivity index is 1.77. The van der Waals surface area contributed by atoms with Gasteiger partial charge in [-0.2, -0.15) is 0 Å². The predicted molar refractivity (Wildman–Crippen MR) is 118 cm³/mol. The predicted octanol–water partition coefficient (Wildman–Crippen LogP) is 4.55. The molecule has 1 N–H and O–H groups in total. The molecule has 1 aliphatic heterocycles. The van der Waals surface area contributed by atoms with Crippen LogP contribution in [0, 0.1) is 13.8 Å². The molecule has 4 rings (SSSR count). The Kier molecular flexibility index (Phi) is 5.61. The standard InChI is InChI=1S/C24H22N2O4S/c1-14-23(31-15(2)25-14)21(27)19-20(17-7-5-4-6-8-17)26(24(29)22(19)28)13-16-9-11-18(30-3)12-10-16/h4-12,20,28H,13H2,1-3H3. The molecular weight excluding hydrogens is 412 g/mol. The minimum absolute atomic E-state index is 0.0939. The number of methoxy groups -OCH3 is 1. The summed E-state index contributed by atoms with van der Waals surface area (Å²) in [5.41, 5.74) is 2.31. The lowest BCUT2D eigenvalue weighted by atomic mass is 9.95. The molecule has 7 heteroatoms. The molecule has 31 heavy (non-hydrogen) atoms. The molecule has 1 aromatic heterocycles. The van der Waals surface area contributed by atoms with Crippen LogP contribution in [0.25, 0.3) is 0 Å². The number of hydrogen-bond acceptors (Lipinski definition) is 6. The fourth-order valence-electron chi connectivity index (χ4n) is 3.82. The van der Waals surface area contributed by atoms with Gasteiger partial charge in [0.25, 0.3) is 5.91 Å². The van der Waals surface area contributed by atoms with Crippen LogP contribution in [0.15, 0.2) is 65.9 Å². The molecule has 2 aromatic carbocycles. The summed E-state index contributed by atoms with van der Waals surface area (Å²) in [6.07, 6.45) is 0. The van der Waals surface area contributed by atoms with E-state index < -0.39 is 17.7 Å². The van der Waals surface area contributed by atoms with Crippen molar-refractivity contribution in [2.75, 3.05) is 7.11 Å². The number of ketones is 1. The fourth-order valence-corrected chi connectivity index (χ4v) is 4.70. The van der Waals surface area contributed by atoms with E-state index in [1.165, 1.54) is 16.2 Å². The topological polar surface area (TPSA) is 79.7 Å². The summed E-state index contributed by atoms with van der Waals surface area (Å²) in [7, 11) is 1.59. The summed E-state index contributed by atoms with van der Waals surface area (Å²) in [6, 6.07) is 16.0. The number of aliphatic hydroxyl groups is 1. The Bertz CT molecular complexity index is 1170. The van der Waals surface area contributed by atoms with Gasteiger partial charge in [-0.15, -0.1) is 11.3 Å². The van der Waals surface area contributed by atoms with Crippen LogP contribution in [-0.2, 0) is 11.3 Å². The number of nitrogens with zero attached hydrogens (tertiary/aromatic N) is 2. The van der Waals surface area contributed by atoms with Crippen LogP contribution >= 0.6 is 11.3 Å². The van der Waals surface area contributed by atoms with E-state index in [4.69, 9.17) is 4.74 Å². The van der Waals surface area contributed by atoms with Crippen LogP contribution in [-0.4, -0.2) is 33.8 Å². The first-order valence-corrected chi connectivity index (χ1v) is 10.6. The Morgan fingerprint density at radius 1 is 1.13 bits per heavy atom. The van der Waals surface area contributed by atoms with Crippen molar-refractivity contribution in [3.05, 3.63) is 92.6 Å². The first-order valence-electron chi connectivity index (χ1n) is 9.81. The molecule has 0 saturated carbocycles. The van der Waals surface area contributed by atoms with Crippen LogP contribution in [0.2, 0.25) is 0 Å². The summed E-state index contributed by atoms with van der Waals surface area (Å²) < 4.78 is 5.20. The van der Waals surface area contributed by atoms with Crippen LogP contribution in [0.4, 0.5) is 0 Å². The second-order valence-electron chi connectivity index (χ2n) is 7.33. The van der Waals surface area contributed by atoms with E-state index in [9.17, 15) is 14.7 Å². The van der Waals surface area contributed by atoms with E-state index in [0.717, 1.165) is 16.1 Å². The van der Waals surface area contributed by atoms with Crippen molar-refractivity contribution in [3.8, 4) is 5.75 Å². The molecule has 0 bridgehead atoms. The zero-order chi connectivity index (χ0) is 22.1. The second kappa shape index (κ2) is 8.35. The molecule has 3 aromatic rings. The Morgan fingerprint density at radius 3 is 2.39 bits per heavy atom. The molecule has 0 saturated heterocycles. The molecule has 1 atom stereocenters. The highest BCUT2D eigenvalue weighted by atomic mass is 32.1. The monoisotopic (exact) mass is 434 g/mol. The molecule has 0 spiro atoms. The van der Waals surface area contributed by atoms with E-state index in [1.807, 2.05) is 61.5 Å². The van der Waals surface area contributed by atoms with Gasteiger partial charge in [0, 0.05) is 6.54 Å². The van der Waals surface area contributed by atoms with Gasteiger partial charge in [0.05, 0.1) is 34.3 Å². The highest BCUT2D eigenvalue weighted by Crippen LogP contribution is 2.41. The largest absolute Gasteiger partial charge is 0.503 e. The Morgan fingerprint density at radius 2 is 1.81 bits per heavy atom. The Labute approximate surface area is 184 Å². The van der Waals surface area contributed by atoms with Gasteiger partial charge in [0.15, 0.2) is 5.76 Å². The van der Waals surface area contributed by atoms with E-state index >= 15 is 0 Å². The van der Waals surface area contributed by atoms with Crippen molar-refractivity contribution in [2.45, 2.75) is 26.4 Å². The fraction of sp³-hybridized carbons (Fsp3) is 0.208. The smallest absolute Gasteiger partial charge is 0.290 e. The first-order chi connectivity index (χ1) is 14.9. The highest BCUT2D eigenvalue weighted by Gasteiger charge is 2.44. The van der Waals surface area contributed by atoms with Crippen molar-refractivity contribution in [1.82, 2.24) is 9.88 Å². The van der Waals surface area contributed by atoms with Gasteiger partial charge in [-0.3, -0.25) is 9.59 Å². The van der Waals surface area contributed by atoms with Crippen molar-refractivity contribution >= 4 is 23.0 Å². The number of Topliss-reactive ketones (excluding diaryl/α,β-unsaturated/α-hetero) is 1. The molecule has 0 aliphatic carbocycles. The molecule has 158 valence electrons. The number of rotatable bonds is 6. The average Bonchev–Trinajstić information content (AvgIpc) is 3.25. The summed E-state index contributed by atoms with van der Waals surface area (Å²) in [5, 5.41) is 11.5. The lowest BCUT2D eigenvalue weighted by molar-refractivity contribution is -0.130. The van der Waals surface area contributed by atoms with Crippen molar-refractivity contribution in [3.63, 3.8) is 0 Å². The third-order valence-corrected chi connectivity index (χ3v) is 6.36. The SMILES string of the molecule is COc1ccc(CN2C(=O)C(O)=C(C(=O)c3sc(C)nc3C)C2c2ccccc2)cc1. The molecule has 1 amide bonds. The number of aryl methyl sites for hydroxylation is 2. The zero-order valence-electron chi connectivity index (χ0n) is 17.5. The maximum atomic E-state index is 13.5. The molecule has 0 fully saturated rings. The van der Waals surface area contributed by atoms with E-state index in [2.05, 4.69) is 4.98 Å². The van der Waals surface area contributed by atoms with E-state index in [0.29, 0.717) is 16.3 Å². The normalized spacial score (nSPS) is 16.2. The number of thiazole rings is 1. The van der Waals surface area contributed by atoms with Gasteiger partial charge >= 0.3 is 0 Å². The highest BCUT2D eigenvalue weighted by molar-refractivity contribution is 7.14. The van der Waals surface area contributed by atoms with Crippen LogP contribution in [0.5, 0.6) is 5.75 Å². The summed E-state index contributed by atoms with van der Waals surface area (Å²) >= 11 is 1.27. The van der Waals surface area contributed by atoms with Crippen LogP contribution in [0.3, 0.4) is 0 Å². The molecule has 1 aliphatic rings. The van der Waals surface area contributed by atoms with E-state index in [1.54, 1.807) is 14.0 Å². The third kappa shape index (κ3) is 3.84. The summed E-state index contributed by atoms with van der Waals surface area (Å²) in [6.45, 7) is 3.83. The van der Waals surface area contributed by atoms with Crippen molar-refractivity contribution in [2.24, 2.45) is 0 Å². The maximum absolute atomic E-state index is 13.5. The molecule has 2 heterocycles. The second-order valence-corrected chi connectivity index (χ2v) is 8.54. The van der Waals surface area contributed by atoms with Crippen molar-refractivity contribution < 1.29 is 19.4 Å². The minimum atomic E-state index is -0.690. The van der Waals surface area contributed by atoms with Gasteiger partial charge in [-0.1, -0.05) is 42.5 Å². The summed E-state index contributed by atoms with van der Waals surface area (Å²) in [5.74, 6) is -0.714. The van der Waals surface area contributed by atoms with Crippen molar-refractivity contribution in [1.29, 1.82) is 0 Å². The van der Waals surface area contributed by atoms with Crippen LogP contribution < -0.4 is 4.74 Å². The van der Waals surface area contributed by atoms with Gasteiger partial charge in [-0.05, 0) is 37.1 Å². The third-order valence-electron chi connectivity index (χ3n) is 5.29. The molecular formula is C24H22N2O4S. The number of ether oxygens (including phenoxy) is 1. The quantitative estimate of drug-likeness (QED) is 0.576. The number of carbonyl (C=O) groups is 2. The molecule has 1 unspecified atom stereocenters. The lowest BCUT2D eigenvalue weighted by Crippen LogP contribution is -2.30. The van der Waals surface area contributed by atoms with Gasteiger partial charge in [0.2, 0.25) is 5.78 Å². The number of amides is 1. The average molecular weight is 435 g/mol. The number of aliphatic hydroxyl groups excluding tert-OH is 1. The number of benzene rings is 2. The number of hydrogen-bond donors (Lipinski definition) is 1. The summed E-state index contributed by atoms with van der Waals surface area (Å²) in [4.78, 5) is 32.8. The molecule has 0 radical (unpaired) electrons.